The van der Waals surface area contributed by atoms with Gasteiger partial charge in [0.1, 0.15) is 0 Å². The number of carbonyl (C=O) groups excluding carboxylic acids is 1. The van der Waals surface area contributed by atoms with Crippen molar-refractivity contribution in [2.45, 2.75) is 71.8 Å². The predicted molar refractivity (Wildman–Crippen MR) is 139 cm³/mol. The maximum Gasteiger partial charge on any atom is 0.162 e. The summed E-state index contributed by atoms with van der Waals surface area (Å²) in [5, 5.41) is 20.1. The minimum atomic E-state index is -0.688. The van der Waals surface area contributed by atoms with Gasteiger partial charge in [-0.25, -0.2) is 0 Å². The molecule has 3 nitrogen and oxygen atoms in total. The Morgan fingerprint density at radius 1 is 1.27 bits per heavy atom. The van der Waals surface area contributed by atoms with Crippen LogP contribution in [0.15, 0.2) is 95.4 Å². The standard InChI is InChI=1S/C30H40O3/c1-5-7-12-26(21-23(4)18-19-27-29(32)16-10-17-30(27)33)28(31)15-9-13-24(6-2)25-14-8-11-22(3)20-25/h6-8,10-12,16-17,20-21,25,27,29,32-33H,4-5,9,13-15,18-19H2,1-3H3/b12-7-,24-6-,26-21+. The molecular formula is C30H40O3. The molecule has 3 atom stereocenters. The molecule has 2 aliphatic rings. The molecule has 3 heteroatoms. The van der Waals surface area contributed by atoms with Crippen molar-refractivity contribution < 1.29 is 15.0 Å². The van der Waals surface area contributed by atoms with Gasteiger partial charge in [0.2, 0.25) is 0 Å². The normalized spacial score (nSPS) is 23.6. The third-order valence-electron chi connectivity index (χ3n) is 6.31. The molecule has 0 radical (unpaired) electrons. The van der Waals surface area contributed by atoms with Crippen LogP contribution in [0.2, 0.25) is 0 Å². The maximum atomic E-state index is 13.0. The van der Waals surface area contributed by atoms with Crippen LogP contribution in [0.1, 0.15) is 65.7 Å². The number of allylic oxidation sites excluding steroid dienone is 13. The van der Waals surface area contributed by atoms with E-state index in [-0.39, 0.29) is 17.5 Å². The lowest BCUT2D eigenvalue weighted by atomic mass is 9.86. The quantitative estimate of drug-likeness (QED) is 0.186. The first-order chi connectivity index (χ1) is 15.8. The Morgan fingerprint density at radius 2 is 2.06 bits per heavy atom. The van der Waals surface area contributed by atoms with Crippen LogP contribution in [0.3, 0.4) is 0 Å². The molecule has 0 aromatic carbocycles. The van der Waals surface area contributed by atoms with Gasteiger partial charge in [-0.05, 0) is 64.5 Å². The second-order valence-corrected chi connectivity index (χ2v) is 8.98. The van der Waals surface area contributed by atoms with E-state index in [1.165, 1.54) is 11.1 Å². The monoisotopic (exact) mass is 448 g/mol. The van der Waals surface area contributed by atoms with Crippen LogP contribution in [0.4, 0.5) is 0 Å². The summed E-state index contributed by atoms with van der Waals surface area (Å²) in [5.74, 6) is 0.453. The van der Waals surface area contributed by atoms with Crippen LogP contribution in [0.5, 0.6) is 0 Å². The van der Waals surface area contributed by atoms with E-state index in [4.69, 9.17) is 0 Å². The fourth-order valence-electron chi connectivity index (χ4n) is 4.36. The van der Waals surface area contributed by atoms with Crippen molar-refractivity contribution in [1.82, 2.24) is 0 Å². The number of rotatable bonds is 12. The van der Waals surface area contributed by atoms with Gasteiger partial charge >= 0.3 is 0 Å². The van der Waals surface area contributed by atoms with E-state index in [9.17, 15) is 15.0 Å². The largest absolute Gasteiger partial charge is 0.512 e. The van der Waals surface area contributed by atoms with E-state index in [0.29, 0.717) is 30.8 Å². The van der Waals surface area contributed by atoms with Crippen LogP contribution in [0, 0.1) is 11.8 Å². The molecule has 0 saturated carbocycles. The molecule has 2 rings (SSSR count). The number of Topliss-reactive ketones (excluding diaryl/α,β-unsaturated/α-hetero) is 1. The number of ketones is 1. The highest BCUT2D eigenvalue weighted by molar-refractivity contribution is 5.98. The van der Waals surface area contributed by atoms with Crippen LogP contribution in [0.25, 0.3) is 0 Å². The van der Waals surface area contributed by atoms with E-state index < -0.39 is 6.10 Å². The zero-order chi connectivity index (χ0) is 24.2. The average Bonchev–Trinajstić information content (AvgIpc) is 2.79. The Hall–Kier alpha value is -2.65. The lowest BCUT2D eigenvalue weighted by molar-refractivity contribution is -0.115. The molecule has 0 bridgehead atoms. The van der Waals surface area contributed by atoms with Crippen LogP contribution < -0.4 is 0 Å². The van der Waals surface area contributed by atoms with Crippen molar-refractivity contribution >= 4 is 5.78 Å². The highest BCUT2D eigenvalue weighted by atomic mass is 16.3. The molecular weight excluding hydrogens is 408 g/mol. The van der Waals surface area contributed by atoms with E-state index in [0.717, 1.165) is 31.3 Å². The Bertz CT molecular complexity index is 905. The van der Waals surface area contributed by atoms with Gasteiger partial charge in [0.05, 0.1) is 11.9 Å². The second-order valence-electron chi connectivity index (χ2n) is 8.98. The smallest absolute Gasteiger partial charge is 0.162 e. The third-order valence-corrected chi connectivity index (χ3v) is 6.31. The van der Waals surface area contributed by atoms with E-state index in [1.54, 1.807) is 18.2 Å². The van der Waals surface area contributed by atoms with E-state index in [1.807, 2.05) is 25.2 Å². The fourth-order valence-corrected chi connectivity index (χ4v) is 4.36. The SMILES string of the molecule is C=C(/C=C(\C=C/CC)C(=O)CCC/C(=C/C)C1C=C(C)C=CC1)CCC1C(O)=CC=CC1O. The first kappa shape index (κ1) is 26.6. The van der Waals surface area contributed by atoms with Gasteiger partial charge in [-0.3, -0.25) is 4.79 Å². The molecule has 2 N–H and O–H groups in total. The van der Waals surface area contributed by atoms with Gasteiger partial charge in [0, 0.05) is 23.8 Å². The van der Waals surface area contributed by atoms with Crippen LogP contribution in [-0.2, 0) is 4.79 Å². The minimum absolute atomic E-state index is 0.134. The first-order valence-corrected chi connectivity index (χ1v) is 12.2. The summed E-state index contributed by atoms with van der Waals surface area (Å²) in [6.45, 7) is 10.4. The highest BCUT2D eigenvalue weighted by Gasteiger charge is 2.23. The van der Waals surface area contributed by atoms with Gasteiger partial charge in [-0.2, -0.15) is 0 Å². The molecule has 0 saturated heterocycles. The molecule has 2 aliphatic carbocycles. The number of hydrogen-bond acceptors (Lipinski definition) is 3. The minimum Gasteiger partial charge on any atom is -0.512 e. The number of carbonyl (C=O) groups is 1. The Morgan fingerprint density at radius 3 is 2.73 bits per heavy atom. The molecule has 0 amide bonds. The van der Waals surface area contributed by atoms with Crippen molar-refractivity contribution in [3.8, 4) is 0 Å². The lowest BCUT2D eigenvalue weighted by Crippen LogP contribution is -2.22. The highest BCUT2D eigenvalue weighted by Crippen LogP contribution is 2.28. The van der Waals surface area contributed by atoms with Crippen molar-refractivity contribution in [3.63, 3.8) is 0 Å². The molecule has 3 unspecified atom stereocenters. The van der Waals surface area contributed by atoms with E-state index in [2.05, 4.69) is 44.7 Å². The molecule has 0 spiro atoms. The van der Waals surface area contributed by atoms with Gasteiger partial charge < -0.3 is 10.2 Å². The summed E-state index contributed by atoms with van der Waals surface area (Å²) in [5.41, 5.74) is 4.22. The topological polar surface area (TPSA) is 57.5 Å². The van der Waals surface area contributed by atoms with Crippen LogP contribution in [-0.4, -0.2) is 22.1 Å². The third kappa shape index (κ3) is 8.66. The molecule has 0 heterocycles. The van der Waals surface area contributed by atoms with Crippen molar-refractivity contribution in [2.24, 2.45) is 11.8 Å². The molecule has 178 valence electrons. The van der Waals surface area contributed by atoms with Crippen molar-refractivity contribution in [1.29, 1.82) is 0 Å². The number of aliphatic hydroxyl groups excluding tert-OH is 2. The Kier molecular flexibility index (Phi) is 11.1. The Labute approximate surface area is 200 Å². The fraction of sp³-hybridized carbons (Fsp3) is 0.433. The van der Waals surface area contributed by atoms with Gasteiger partial charge in [0.15, 0.2) is 5.78 Å². The summed E-state index contributed by atoms with van der Waals surface area (Å²) in [4.78, 5) is 13.0. The average molecular weight is 449 g/mol. The first-order valence-electron chi connectivity index (χ1n) is 12.2. The van der Waals surface area contributed by atoms with Crippen LogP contribution >= 0.6 is 0 Å². The lowest BCUT2D eigenvalue weighted by Gasteiger charge is -2.22. The van der Waals surface area contributed by atoms with E-state index >= 15 is 0 Å². The molecule has 0 aromatic heterocycles. The van der Waals surface area contributed by atoms with Gasteiger partial charge in [-0.1, -0.05) is 78.8 Å². The van der Waals surface area contributed by atoms with Crippen molar-refractivity contribution in [3.05, 3.63) is 95.4 Å². The molecule has 0 aliphatic heterocycles. The zero-order valence-corrected chi connectivity index (χ0v) is 20.5. The second kappa shape index (κ2) is 13.8. The van der Waals surface area contributed by atoms with Crippen molar-refractivity contribution in [2.75, 3.05) is 0 Å². The summed E-state index contributed by atoms with van der Waals surface area (Å²) < 4.78 is 0. The summed E-state index contributed by atoms with van der Waals surface area (Å²) in [7, 11) is 0. The summed E-state index contributed by atoms with van der Waals surface area (Å²) in [6, 6.07) is 0. The summed E-state index contributed by atoms with van der Waals surface area (Å²) in [6.07, 6.45) is 24.3. The van der Waals surface area contributed by atoms with Gasteiger partial charge in [0.25, 0.3) is 0 Å². The Balaban J connectivity index is 1.93. The predicted octanol–water partition coefficient (Wildman–Crippen LogP) is 7.41. The molecule has 0 aromatic rings. The van der Waals surface area contributed by atoms with Gasteiger partial charge in [-0.15, -0.1) is 0 Å². The summed E-state index contributed by atoms with van der Waals surface area (Å²) >= 11 is 0. The number of aliphatic hydroxyl groups is 2. The molecule has 0 fully saturated rings. The maximum absolute atomic E-state index is 13.0. The molecule has 33 heavy (non-hydrogen) atoms. The number of hydrogen-bond donors (Lipinski definition) is 2. The zero-order valence-electron chi connectivity index (χ0n) is 20.5.